The molecule has 0 fully saturated rings. The van der Waals surface area contributed by atoms with Crippen LogP contribution in [0.3, 0.4) is 0 Å². The van der Waals surface area contributed by atoms with Gasteiger partial charge in [0.25, 0.3) is 5.91 Å². The van der Waals surface area contributed by atoms with Crippen molar-refractivity contribution in [1.29, 1.82) is 0 Å². The molecule has 0 saturated heterocycles. The summed E-state index contributed by atoms with van der Waals surface area (Å²) in [6, 6.07) is 13.5. The average molecular weight is 396 g/mol. The molecule has 0 aromatic heterocycles. The van der Waals surface area contributed by atoms with Crippen LogP contribution in [0.5, 0.6) is 0 Å². The van der Waals surface area contributed by atoms with Crippen molar-refractivity contribution in [3.05, 3.63) is 60.2 Å². The summed E-state index contributed by atoms with van der Waals surface area (Å²) in [5.41, 5.74) is 0.144. The monoisotopic (exact) mass is 396 g/mol. The number of carbonyl (C=O) groups excluding carboxylic acids is 1. The molecular formula is C17H20N2O5S2. The maximum atomic E-state index is 12.2. The molecule has 0 heterocycles. The number of benzene rings is 2. The molecule has 0 bridgehead atoms. The summed E-state index contributed by atoms with van der Waals surface area (Å²) >= 11 is 0. The normalized spacial score (nSPS) is 12.1. The van der Waals surface area contributed by atoms with Crippen LogP contribution in [0.2, 0.25) is 0 Å². The number of hydrogen-bond donors (Lipinski definition) is 1. The predicted molar refractivity (Wildman–Crippen MR) is 98.1 cm³/mol. The number of carbonyl (C=O) groups is 1. The molecule has 2 rings (SSSR count). The Kier molecular flexibility index (Phi) is 6.17. The standard InChI is InChI=1S/C17H20N2O5S2/c1-19(2)26(23,24)16-10-6-7-14(13-16)17(20)18-11-12-25(21,22)15-8-4-3-5-9-15/h3-10,13H,11-12H2,1-2H3,(H,18,20). The van der Waals surface area contributed by atoms with E-state index in [9.17, 15) is 21.6 Å². The van der Waals surface area contributed by atoms with Crippen LogP contribution in [0.4, 0.5) is 0 Å². The van der Waals surface area contributed by atoms with Gasteiger partial charge in [0.15, 0.2) is 9.84 Å². The molecule has 9 heteroatoms. The highest BCUT2D eigenvalue weighted by Crippen LogP contribution is 2.15. The number of sulfone groups is 1. The van der Waals surface area contributed by atoms with Crippen LogP contribution < -0.4 is 5.32 Å². The molecule has 0 unspecified atom stereocenters. The van der Waals surface area contributed by atoms with Crippen molar-refractivity contribution in [3.8, 4) is 0 Å². The lowest BCUT2D eigenvalue weighted by Gasteiger charge is -2.12. The fourth-order valence-corrected chi connectivity index (χ4v) is 4.28. The van der Waals surface area contributed by atoms with E-state index in [1.165, 1.54) is 50.5 Å². The van der Waals surface area contributed by atoms with Gasteiger partial charge >= 0.3 is 0 Å². The van der Waals surface area contributed by atoms with Gasteiger partial charge in [0.1, 0.15) is 0 Å². The van der Waals surface area contributed by atoms with E-state index in [4.69, 9.17) is 0 Å². The Labute approximate surface area is 153 Å². The number of nitrogens with one attached hydrogen (secondary N) is 1. The van der Waals surface area contributed by atoms with Crippen molar-refractivity contribution < 1.29 is 21.6 Å². The van der Waals surface area contributed by atoms with E-state index in [1.54, 1.807) is 18.2 Å². The summed E-state index contributed by atoms with van der Waals surface area (Å²) < 4.78 is 49.6. The molecule has 0 saturated carbocycles. The van der Waals surface area contributed by atoms with Crippen molar-refractivity contribution in [2.24, 2.45) is 0 Å². The van der Waals surface area contributed by atoms with Crippen molar-refractivity contribution in [1.82, 2.24) is 9.62 Å². The second-order valence-electron chi connectivity index (χ2n) is 5.70. The van der Waals surface area contributed by atoms with Crippen molar-refractivity contribution in [3.63, 3.8) is 0 Å². The SMILES string of the molecule is CN(C)S(=O)(=O)c1cccc(C(=O)NCCS(=O)(=O)c2ccccc2)c1. The highest BCUT2D eigenvalue weighted by molar-refractivity contribution is 7.91. The number of amides is 1. The van der Waals surface area contributed by atoms with E-state index in [2.05, 4.69) is 5.32 Å². The highest BCUT2D eigenvalue weighted by atomic mass is 32.2. The van der Waals surface area contributed by atoms with Crippen LogP contribution in [-0.2, 0) is 19.9 Å². The molecule has 0 aliphatic heterocycles. The molecule has 140 valence electrons. The Hall–Kier alpha value is -2.23. The largest absolute Gasteiger partial charge is 0.351 e. The van der Waals surface area contributed by atoms with E-state index in [-0.39, 0.29) is 27.7 Å². The van der Waals surface area contributed by atoms with Gasteiger partial charge in [0.05, 0.1) is 15.5 Å². The summed E-state index contributed by atoms with van der Waals surface area (Å²) in [7, 11) is -4.35. The Bertz CT molecular complexity index is 985. The minimum Gasteiger partial charge on any atom is -0.351 e. The second-order valence-corrected chi connectivity index (χ2v) is 9.96. The van der Waals surface area contributed by atoms with Gasteiger partial charge < -0.3 is 5.32 Å². The van der Waals surface area contributed by atoms with Gasteiger partial charge in [-0.1, -0.05) is 24.3 Å². The Morgan fingerprint density at radius 1 is 0.923 bits per heavy atom. The van der Waals surface area contributed by atoms with Gasteiger partial charge in [-0.2, -0.15) is 0 Å². The first-order valence-corrected chi connectivity index (χ1v) is 10.8. The summed E-state index contributed by atoms with van der Waals surface area (Å²) in [6.07, 6.45) is 0. The summed E-state index contributed by atoms with van der Waals surface area (Å²) in [4.78, 5) is 12.4. The van der Waals surface area contributed by atoms with Crippen molar-refractivity contribution in [2.75, 3.05) is 26.4 Å². The number of rotatable bonds is 7. The average Bonchev–Trinajstić information content (AvgIpc) is 2.62. The lowest BCUT2D eigenvalue weighted by atomic mass is 10.2. The third-order valence-electron chi connectivity index (χ3n) is 3.63. The fraction of sp³-hybridized carbons (Fsp3) is 0.235. The molecular weight excluding hydrogens is 376 g/mol. The summed E-state index contributed by atoms with van der Waals surface area (Å²) in [5, 5.41) is 2.51. The molecule has 1 amide bonds. The number of hydrogen-bond acceptors (Lipinski definition) is 5. The zero-order valence-electron chi connectivity index (χ0n) is 14.4. The quantitative estimate of drug-likeness (QED) is 0.756. The molecule has 0 atom stereocenters. The first-order chi connectivity index (χ1) is 12.1. The first-order valence-electron chi connectivity index (χ1n) is 7.73. The van der Waals surface area contributed by atoms with Gasteiger partial charge in [-0.25, -0.2) is 21.1 Å². The van der Waals surface area contributed by atoms with E-state index >= 15 is 0 Å². The van der Waals surface area contributed by atoms with E-state index < -0.39 is 25.8 Å². The van der Waals surface area contributed by atoms with Gasteiger partial charge in [-0.15, -0.1) is 0 Å². The van der Waals surface area contributed by atoms with Crippen LogP contribution in [0.15, 0.2) is 64.4 Å². The fourth-order valence-electron chi connectivity index (χ4n) is 2.16. The Balaban J connectivity index is 2.05. The van der Waals surface area contributed by atoms with Crippen LogP contribution in [0, 0.1) is 0 Å². The van der Waals surface area contributed by atoms with E-state index in [0.717, 1.165) is 4.31 Å². The van der Waals surface area contributed by atoms with Crippen molar-refractivity contribution >= 4 is 25.8 Å². The summed E-state index contributed by atoms with van der Waals surface area (Å²) in [6.45, 7) is -0.0826. The molecule has 0 spiro atoms. The minimum absolute atomic E-state index is 0.00735. The maximum Gasteiger partial charge on any atom is 0.251 e. The van der Waals surface area contributed by atoms with Gasteiger partial charge in [0, 0.05) is 26.2 Å². The molecule has 0 aliphatic rings. The second kappa shape index (κ2) is 7.98. The molecule has 26 heavy (non-hydrogen) atoms. The van der Waals surface area contributed by atoms with Gasteiger partial charge in [-0.3, -0.25) is 4.79 Å². The van der Waals surface area contributed by atoms with E-state index in [0.29, 0.717) is 0 Å². The molecule has 0 aliphatic carbocycles. The lowest BCUT2D eigenvalue weighted by Crippen LogP contribution is -2.29. The maximum absolute atomic E-state index is 12.2. The smallest absolute Gasteiger partial charge is 0.251 e. The predicted octanol–water partition coefficient (Wildman–Crippen LogP) is 1.14. The number of nitrogens with zero attached hydrogens (tertiary/aromatic N) is 1. The van der Waals surface area contributed by atoms with Crippen LogP contribution in [-0.4, -0.2) is 53.4 Å². The van der Waals surface area contributed by atoms with Crippen LogP contribution in [0.1, 0.15) is 10.4 Å². The minimum atomic E-state index is -3.66. The molecule has 2 aromatic rings. The summed E-state index contributed by atoms with van der Waals surface area (Å²) in [5.74, 6) is -0.789. The molecule has 2 aromatic carbocycles. The third-order valence-corrected chi connectivity index (χ3v) is 7.18. The number of sulfonamides is 1. The Morgan fingerprint density at radius 2 is 1.54 bits per heavy atom. The van der Waals surface area contributed by atoms with Crippen LogP contribution in [0.25, 0.3) is 0 Å². The van der Waals surface area contributed by atoms with Crippen LogP contribution >= 0.6 is 0 Å². The Morgan fingerprint density at radius 3 is 2.15 bits per heavy atom. The molecule has 0 radical (unpaired) electrons. The zero-order valence-corrected chi connectivity index (χ0v) is 16.0. The topological polar surface area (TPSA) is 101 Å². The third kappa shape index (κ3) is 4.69. The molecule has 1 N–H and O–H groups in total. The van der Waals surface area contributed by atoms with Gasteiger partial charge in [-0.05, 0) is 30.3 Å². The lowest BCUT2D eigenvalue weighted by molar-refractivity contribution is 0.0956. The first kappa shape index (κ1) is 20.1. The highest BCUT2D eigenvalue weighted by Gasteiger charge is 2.19. The van der Waals surface area contributed by atoms with Gasteiger partial charge in [0.2, 0.25) is 10.0 Å². The van der Waals surface area contributed by atoms with E-state index in [1.807, 2.05) is 0 Å². The van der Waals surface area contributed by atoms with Crippen molar-refractivity contribution in [2.45, 2.75) is 9.79 Å². The molecule has 7 nitrogen and oxygen atoms in total. The zero-order chi connectivity index (χ0) is 19.4.